The predicted octanol–water partition coefficient (Wildman–Crippen LogP) is 3.25. The molecule has 0 radical (unpaired) electrons. The Morgan fingerprint density at radius 1 is 1.43 bits per heavy atom. The van der Waals surface area contributed by atoms with Gasteiger partial charge in [0.15, 0.2) is 0 Å². The van der Waals surface area contributed by atoms with Crippen molar-refractivity contribution in [3.05, 3.63) is 39.4 Å². The van der Waals surface area contributed by atoms with Gasteiger partial charge in [-0.25, -0.2) is 0 Å². The molecular formula is C11H15NO2. The molecule has 3 nitrogen and oxygen atoms in total. The van der Waals surface area contributed by atoms with E-state index in [1.165, 1.54) is 0 Å². The van der Waals surface area contributed by atoms with Gasteiger partial charge in [0.2, 0.25) is 0 Å². The number of hydrogen-bond donors (Lipinski definition) is 0. The van der Waals surface area contributed by atoms with Crippen molar-refractivity contribution in [2.75, 3.05) is 0 Å². The maximum atomic E-state index is 10.7. The van der Waals surface area contributed by atoms with E-state index in [0.717, 1.165) is 30.4 Å². The molecule has 0 spiro atoms. The van der Waals surface area contributed by atoms with Gasteiger partial charge in [-0.2, -0.15) is 0 Å². The standard InChI is InChI=1S/C11H15NO2/c1-3-4-7-10-9(2)6-5-8-11(10)12(13)14/h5-6,8H,3-4,7H2,1-2H3. The van der Waals surface area contributed by atoms with E-state index in [2.05, 4.69) is 6.92 Å². The van der Waals surface area contributed by atoms with Crippen molar-refractivity contribution in [2.24, 2.45) is 0 Å². The summed E-state index contributed by atoms with van der Waals surface area (Å²) < 4.78 is 0. The number of rotatable bonds is 4. The lowest BCUT2D eigenvalue weighted by atomic mass is 10.0. The molecule has 0 aliphatic carbocycles. The lowest BCUT2D eigenvalue weighted by molar-refractivity contribution is -0.385. The van der Waals surface area contributed by atoms with Gasteiger partial charge in [0.1, 0.15) is 0 Å². The van der Waals surface area contributed by atoms with Crippen molar-refractivity contribution in [3.8, 4) is 0 Å². The van der Waals surface area contributed by atoms with E-state index in [1.807, 2.05) is 13.0 Å². The van der Waals surface area contributed by atoms with E-state index < -0.39 is 0 Å². The van der Waals surface area contributed by atoms with Crippen molar-refractivity contribution in [2.45, 2.75) is 33.1 Å². The molecule has 0 fully saturated rings. The molecule has 0 unspecified atom stereocenters. The number of benzene rings is 1. The number of nitrogens with zero attached hydrogens (tertiary/aromatic N) is 1. The maximum absolute atomic E-state index is 10.7. The molecule has 3 heteroatoms. The average molecular weight is 193 g/mol. The zero-order valence-electron chi connectivity index (χ0n) is 8.62. The number of hydrogen-bond acceptors (Lipinski definition) is 2. The molecule has 0 aromatic heterocycles. The topological polar surface area (TPSA) is 43.1 Å². The highest BCUT2D eigenvalue weighted by atomic mass is 16.6. The first kappa shape index (κ1) is 10.7. The predicted molar refractivity (Wildman–Crippen MR) is 56.4 cm³/mol. The van der Waals surface area contributed by atoms with Crippen LogP contribution in [0.25, 0.3) is 0 Å². The van der Waals surface area contributed by atoms with Gasteiger partial charge in [-0.1, -0.05) is 25.5 Å². The Morgan fingerprint density at radius 3 is 2.71 bits per heavy atom. The van der Waals surface area contributed by atoms with Crippen LogP contribution in [0.5, 0.6) is 0 Å². The van der Waals surface area contributed by atoms with Crippen molar-refractivity contribution >= 4 is 5.69 Å². The van der Waals surface area contributed by atoms with E-state index in [4.69, 9.17) is 0 Å². The third kappa shape index (κ3) is 2.31. The largest absolute Gasteiger partial charge is 0.272 e. The van der Waals surface area contributed by atoms with E-state index in [0.29, 0.717) is 0 Å². The average Bonchev–Trinajstić information content (AvgIpc) is 2.15. The molecule has 0 saturated carbocycles. The molecule has 0 N–H and O–H groups in total. The molecule has 0 saturated heterocycles. The third-order valence-electron chi connectivity index (χ3n) is 2.36. The van der Waals surface area contributed by atoms with Crippen LogP contribution in [0.1, 0.15) is 30.9 Å². The Kier molecular flexibility index (Phi) is 3.63. The molecule has 0 aliphatic rings. The second kappa shape index (κ2) is 4.74. The zero-order chi connectivity index (χ0) is 10.6. The normalized spacial score (nSPS) is 10.1. The van der Waals surface area contributed by atoms with Crippen molar-refractivity contribution < 1.29 is 4.92 Å². The Labute approximate surface area is 83.9 Å². The molecule has 76 valence electrons. The van der Waals surface area contributed by atoms with Crippen LogP contribution >= 0.6 is 0 Å². The van der Waals surface area contributed by atoms with Crippen LogP contribution in [0.3, 0.4) is 0 Å². The minimum absolute atomic E-state index is 0.262. The van der Waals surface area contributed by atoms with Crippen LogP contribution in [-0.2, 0) is 6.42 Å². The second-order valence-corrected chi connectivity index (χ2v) is 3.43. The van der Waals surface area contributed by atoms with Crippen LogP contribution in [0.15, 0.2) is 18.2 Å². The van der Waals surface area contributed by atoms with Crippen molar-refractivity contribution in [1.29, 1.82) is 0 Å². The SMILES string of the molecule is CCCCc1c(C)cccc1[N+](=O)[O-]. The van der Waals surface area contributed by atoms with Gasteiger partial charge in [-0.05, 0) is 25.3 Å². The summed E-state index contributed by atoms with van der Waals surface area (Å²) in [6, 6.07) is 5.25. The fourth-order valence-corrected chi connectivity index (χ4v) is 1.54. The molecule has 1 aromatic rings. The van der Waals surface area contributed by atoms with Gasteiger partial charge in [-0.3, -0.25) is 10.1 Å². The monoisotopic (exact) mass is 193 g/mol. The fourth-order valence-electron chi connectivity index (χ4n) is 1.54. The lowest BCUT2D eigenvalue weighted by Gasteiger charge is -2.05. The van der Waals surface area contributed by atoms with Gasteiger partial charge in [0.25, 0.3) is 5.69 Å². The Bertz CT molecular complexity index is 334. The number of aryl methyl sites for hydroxylation is 1. The summed E-state index contributed by atoms with van der Waals surface area (Å²) in [5.41, 5.74) is 2.17. The maximum Gasteiger partial charge on any atom is 0.272 e. The van der Waals surface area contributed by atoms with Gasteiger partial charge in [-0.15, -0.1) is 0 Å². The molecule has 0 amide bonds. The molecule has 14 heavy (non-hydrogen) atoms. The third-order valence-corrected chi connectivity index (χ3v) is 2.36. The Hall–Kier alpha value is -1.38. The summed E-state index contributed by atoms with van der Waals surface area (Å²) in [6.07, 6.45) is 2.87. The minimum atomic E-state index is -0.294. The lowest BCUT2D eigenvalue weighted by Crippen LogP contribution is -1.98. The van der Waals surface area contributed by atoms with Crippen LogP contribution in [0.4, 0.5) is 5.69 Å². The van der Waals surface area contributed by atoms with Gasteiger partial charge in [0, 0.05) is 11.6 Å². The first-order valence-electron chi connectivity index (χ1n) is 4.89. The van der Waals surface area contributed by atoms with Crippen molar-refractivity contribution in [3.63, 3.8) is 0 Å². The molecule has 0 bridgehead atoms. The highest BCUT2D eigenvalue weighted by Gasteiger charge is 2.13. The minimum Gasteiger partial charge on any atom is -0.258 e. The Balaban J connectivity index is 3.02. The van der Waals surface area contributed by atoms with Gasteiger partial charge < -0.3 is 0 Å². The molecule has 1 aromatic carbocycles. The van der Waals surface area contributed by atoms with E-state index in [1.54, 1.807) is 12.1 Å². The van der Waals surface area contributed by atoms with Gasteiger partial charge >= 0.3 is 0 Å². The van der Waals surface area contributed by atoms with Crippen molar-refractivity contribution in [1.82, 2.24) is 0 Å². The summed E-state index contributed by atoms with van der Waals surface area (Å²) in [5.74, 6) is 0. The zero-order valence-corrected chi connectivity index (χ0v) is 8.62. The first-order valence-corrected chi connectivity index (χ1v) is 4.89. The second-order valence-electron chi connectivity index (χ2n) is 3.43. The molecule has 0 heterocycles. The van der Waals surface area contributed by atoms with Gasteiger partial charge in [0.05, 0.1) is 4.92 Å². The smallest absolute Gasteiger partial charge is 0.258 e. The van der Waals surface area contributed by atoms with E-state index >= 15 is 0 Å². The number of nitro groups is 1. The van der Waals surface area contributed by atoms with E-state index in [-0.39, 0.29) is 10.6 Å². The summed E-state index contributed by atoms with van der Waals surface area (Å²) in [6.45, 7) is 4.02. The highest BCUT2D eigenvalue weighted by Crippen LogP contribution is 2.23. The molecular weight excluding hydrogens is 178 g/mol. The Morgan fingerprint density at radius 2 is 2.14 bits per heavy atom. The molecule has 1 rings (SSSR count). The highest BCUT2D eigenvalue weighted by molar-refractivity contribution is 5.45. The van der Waals surface area contributed by atoms with Crippen LogP contribution in [0, 0.1) is 17.0 Å². The summed E-state index contributed by atoms with van der Waals surface area (Å²) in [4.78, 5) is 10.4. The molecule has 0 atom stereocenters. The number of unbranched alkanes of at least 4 members (excludes halogenated alkanes) is 1. The first-order chi connectivity index (χ1) is 6.66. The van der Waals surface area contributed by atoms with Crippen LogP contribution < -0.4 is 0 Å². The van der Waals surface area contributed by atoms with Crippen LogP contribution in [0.2, 0.25) is 0 Å². The number of nitro benzene ring substituents is 1. The van der Waals surface area contributed by atoms with E-state index in [9.17, 15) is 10.1 Å². The fraction of sp³-hybridized carbons (Fsp3) is 0.455. The quantitative estimate of drug-likeness (QED) is 0.544. The summed E-state index contributed by atoms with van der Waals surface area (Å²) >= 11 is 0. The summed E-state index contributed by atoms with van der Waals surface area (Å²) in [5, 5.41) is 10.7. The molecule has 0 aliphatic heterocycles. The van der Waals surface area contributed by atoms with Crippen LogP contribution in [-0.4, -0.2) is 4.92 Å². The summed E-state index contributed by atoms with van der Waals surface area (Å²) in [7, 11) is 0.